The first kappa shape index (κ1) is 12.2. The maximum Gasteiger partial charge on any atom is 0.0953 e. The van der Waals surface area contributed by atoms with E-state index < -0.39 is 0 Å². The Morgan fingerprint density at radius 2 is 2.16 bits per heavy atom. The molecular formula is C15H20N4. The quantitative estimate of drug-likeness (QED) is 0.897. The minimum absolute atomic E-state index is 0.423. The molecule has 2 aromatic heterocycles. The van der Waals surface area contributed by atoms with E-state index in [4.69, 9.17) is 5.73 Å². The maximum absolute atomic E-state index is 6.05. The van der Waals surface area contributed by atoms with Crippen LogP contribution in [0.15, 0.2) is 31.0 Å². The Morgan fingerprint density at radius 3 is 2.84 bits per heavy atom. The summed E-state index contributed by atoms with van der Waals surface area (Å²) in [5.74, 6) is 0. The molecule has 1 saturated carbocycles. The second kappa shape index (κ2) is 4.37. The van der Waals surface area contributed by atoms with Crippen LogP contribution in [0, 0.1) is 5.41 Å². The lowest BCUT2D eigenvalue weighted by Crippen LogP contribution is -2.10. The van der Waals surface area contributed by atoms with Crippen molar-refractivity contribution >= 4 is 5.69 Å². The van der Waals surface area contributed by atoms with Crippen molar-refractivity contribution in [2.75, 3.05) is 5.73 Å². The number of hydrogen-bond acceptors (Lipinski definition) is 3. The maximum atomic E-state index is 6.05. The first-order chi connectivity index (χ1) is 9.07. The monoisotopic (exact) mass is 256 g/mol. The summed E-state index contributed by atoms with van der Waals surface area (Å²) in [7, 11) is 0. The van der Waals surface area contributed by atoms with Crippen LogP contribution in [0.1, 0.15) is 39.2 Å². The highest BCUT2D eigenvalue weighted by atomic mass is 15.1. The average molecular weight is 256 g/mol. The molecule has 0 saturated heterocycles. The molecule has 2 N–H and O–H groups in total. The highest BCUT2D eigenvalue weighted by Crippen LogP contribution is 2.44. The molecule has 1 aliphatic rings. The molecule has 0 bridgehead atoms. The zero-order valence-corrected chi connectivity index (χ0v) is 11.5. The van der Waals surface area contributed by atoms with Crippen LogP contribution in [-0.4, -0.2) is 14.5 Å². The fraction of sp³-hybridized carbons (Fsp3) is 0.467. The minimum atomic E-state index is 0.423. The lowest BCUT2D eigenvalue weighted by molar-refractivity contribution is 0.359. The zero-order valence-electron chi connectivity index (χ0n) is 11.5. The van der Waals surface area contributed by atoms with Gasteiger partial charge in [0.15, 0.2) is 0 Å². The molecule has 100 valence electrons. The van der Waals surface area contributed by atoms with E-state index in [2.05, 4.69) is 28.4 Å². The largest absolute Gasteiger partial charge is 0.398 e. The van der Waals surface area contributed by atoms with Crippen LogP contribution in [0.2, 0.25) is 0 Å². The lowest BCUT2D eigenvalue weighted by atomic mass is 9.92. The zero-order chi connectivity index (χ0) is 13.5. The molecule has 0 spiro atoms. The Hall–Kier alpha value is -1.84. The molecule has 4 heteroatoms. The molecule has 3 rings (SSSR count). The molecule has 1 fully saturated rings. The van der Waals surface area contributed by atoms with Crippen molar-refractivity contribution in [1.29, 1.82) is 0 Å². The first-order valence-electron chi connectivity index (χ1n) is 6.78. The fourth-order valence-electron chi connectivity index (χ4n) is 3.06. The van der Waals surface area contributed by atoms with Crippen molar-refractivity contribution in [2.24, 2.45) is 5.41 Å². The van der Waals surface area contributed by atoms with Gasteiger partial charge in [-0.2, -0.15) is 0 Å². The normalized spacial score (nSPS) is 21.7. The molecule has 0 aliphatic heterocycles. The van der Waals surface area contributed by atoms with E-state index in [9.17, 15) is 0 Å². The minimum Gasteiger partial charge on any atom is -0.398 e. The molecule has 0 radical (unpaired) electrons. The number of aromatic nitrogens is 3. The Kier molecular flexibility index (Phi) is 2.81. The Labute approximate surface area is 113 Å². The van der Waals surface area contributed by atoms with Gasteiger partial charge in [-0.15, -0.1) is 0 Å². The molecule has 4 nitrogen and oxygen atoms in total. The van der Waals surface area contributed by atoms with E-state index in [0.29, 0.717) is 11.5 Å². The van der Waals surface area contributed by atoms with E-state index in [1.165, 1.54) is 19.3 Å². The van der Waals surface area contributed by atoms with Crippen LogP contribution in [0.3, 0.4) is 0 Å². The number of rotatable bonds is 2. The van der Waals surface area contributed by atoms with Gasteiger partial charge in [-0.05, 0) is 30.7 Å². The van der Waals surface area contributed by atoms with E-state index >= 15 is 0 Å². The van der Waals surface area contributed by atoms with E-state index in [1.807, 2.05) is 24.8 Å². The summed E-state index contributed by atoms with van der Waals surface area (Å²) in [5.41, 5.74) is 9.29. The van der Waals surface area contributed by atoms with Gasteiger partial charge in [-0.1, -0.05) is 13.8 Å². The Bertz CT molecular complexity index is 585. The van der Waals surface area contributed by atoms with Crippen molar-refractivity contribution in [1.82, 2.24) is 14.5 Å². The summed E-state index contributed by atoms with van der Waals surface area (Å²) in [5, 5.41) is 0. The summed E-state index contributed by atoms with van der Waals surface area (Å²) in [6.07, 6.45) is 11.0. The molecule has 2 aromatic rings. The number of imidazole rings is 1. The smallest absolute Gasteiger partial charge is 0.0953 e. The average Bonchev–Trinajstić information content (AvgIpc) is 2.96. The molecule has 0 aromatic carbocycles. The van der Waals surface area contributed by atoms with Crippen LogP contribution in [0.4, 0.5) is 5.69 Å². The van der Waals surface area contributed by atoms with Gasteiger partial charge < -0.3 is 10.3 Å². The van der Waals surface area contributed by atoms with Gasteiger partial charge in [0.2, 0.25) is 0 Å². The third-order valence-electron chi connectivity index (χ3n) is 4.13. The number of pyridine rings is 1. The number of anilines is 1. The van der Waals surface area contributed by atoms with E-state index in [1.54, 1.807) is 6.20 Å². The number of nitrogens with zero attached hydrogens (tertiary/aromatic N) is 3. The van der Waals surface area contributed by atoms with Gasteiger partial charge in [0.05, 0.1) is 18.2 Å². The van der Waals surface area contributed by atoms with Crippen molar-refractivity contribution in [3.8, 4) is 11.3 Å². The topological polar surface area (TPSA) is 56.7 Å². The van der Waals surface area contributed by atoms with Gasteiger partial charge in [0.1, 0.15) is 0 Å². The fourth-order valence-corrected chi connectivity index (χ4v) is 3.06. The van der Waals surface area contributed by atoms with Crippen LogP contribution in [0.25, 0.3) is 11.3 Å². The van der Waals surface area contributed by atoms with Crippen molar-refractivity contribution in [3.05, 3.63) is 31.0 Å². The highest BCUT2D eigenvalue weighted by Gasteiger charge is 2.32. The van der Waals surface area contributed by atoms with Crippen LogP contribution in [-0.2, 0) is 0 Å². The Morgan fingerprint density at radius 1 is 1.32 bits per heavy atom. The molecule has 19 heavy (non-hydrogen) atoms. The van der Waals surface area contributed by atoms with Crippen molar-refractivity contribution < 1.29 is 0 Å². The van der Waals surface area contributed by atoms with Gasteiger partial charge in [0, 0.05) is 29.7 Å². The van der Waals surface area contributed by atoms with Crippen molar-refractivity contribution in [3.63, 3.8) is 0 Å². The summed E-state index contributed by atoms with van der Waals surface area (Å²) < 4.78 is 2.27. The van der Waals surface area contributed by atoms with Gasteiger partial charge in [-0.25, -0.2) is 4.98 Å². The molecule has 0 amide bonds. The summed E-state index contributed by atoms with van der Waals surface area (Å²) in [4.78, 5) is 8.49. The highest BCUT2D eigenvalue weighted by molar-refractivity contribution is 5.72. The second-order valence-electron chi connectivity index (χ2n) is 6.21. The van der Waals surface area contributed by atoms with Crippen LogP contribution >= 0.6 is 0 Å². The predicted molar refractivity (Wildman–Crippen MR) is 76.5 cm³/mol. The Balaban J connectivity index is 1.98. The van der Waals surface area contributed by atoms with E-state index in [0.717, 1.165) is 16.9 Å². The molecule has 1 unspecified atom stereocenters. The predicted octanol–water partition coefficient (Wildman–Crippen LogP) is 3.28. The van der Waals surface area contributed by atoms with Gasteiger partial charge in [0.25, 0.3) is 0 Å². The lowest BCUT2D eigenvalue weighted by Gasteiger charge is -2.19. The number of nitrogen functional groups attached to an aromatic ring is 1. The van der Waals surface area contributed by atoms with Crippen LogP contribution < -0.4 is 5.73 Å². The first-order valence-corrected chi connectivity index (χ1v) is 6.78. The molecule has 1 aliphatic carbocycles. The van der Waals surface area contributed by atoms with Crippen molar-refractivity contribution in [2.45, 2.75) is 39.2 Å². The third-order valence-corrected chi connectivity index (χ3v) is 4.13. The second-order valence-corrected chi connectivity index (χ2v) is 6.21. The van der Waals surface area contributed by atoms with Crippen LogP contribution in [0.5, 0.6) is 0 Å². The standard InChI is InChI=1S/C15H20N4/c1-15(2)5-3-11(7-15)19-10-18-9-14(19)12-8-17-6-4-13(12)16/h4,6,8-11H,3,5,7H2,1-2H3,(H2,16,17). The van der Waals surface area contributed by atoms with Gasteiger partial charge in [-0.3, -0.25) is 4.98 Å². The molecule has 2 heterocycles. The summed E-state index contributed by atoms with van der Waals surface area (Å²) in [6.45, 7) is 4.67. The van der Waals surface area contributed by atoms with Gasteiger partial charge >= 0.3 is 0 Å². The number of nitrogens with two attached hydrogens (primary N) is 1. The molecule has 1 atom stereocenters. The van der Waals surface area contributed by atoms with E-state index in [-0.39, 0.29) is 0 Å². The third kappa shape index (κ3) is 2.23. The summed E-state index contributed by atoms with van der Waals surface area (Å²) >= 11 is 0. The summed E-state index contributed by atoms with van der Waals surface area (Å²) in [6, 6.07) is 2.36. The number of hydrogen-bond donors (Lipinski definition) is 1. The SMILES string of the molecule is CC1(C)CCC(n2cncc2-c2cnccc2N)C1. The molecular weight excluding hydrogens is 236 g/mol.